The van der Waals surface area contributed by atoms with Crippen LogP contribution in [0.15, 0.2) is 12.2 Å². The van der Waals surface area contributed by atoms with Crippen LogP contribution in [0.3, 0.4) is 0 Å². The Labute approximate surface area is 127 Å². The molecule has 21 heavy (non-hydrogen) atoms. The quantitative estimate of drug-likeness (QED) is 0.804. The molecule has 0 aromatic heterocycles. The van der Waals surface area contributed by atoms with Gasteiger partial charge in [-0.05, 0) is 30.6 Å². The average molecular weight is 292 g/mol. The zero-order valence-electron chi connectivity index (χ0n) is 13.4. The Morgan fingerprint density at radius 2 is 2.14 bits per heavy atom. The Hall–Kier alpha value is -0.870. The zero-order valence-corrected chi connectivity index (χ0v) is 13.4. The number of hydrogen-bond acceptors (Lipinski definition) is 3. The van der Waals surface area contributed by atoms with Gasteiger partial charge in [-0.25, -0.2) is 0 Å². The molecule has 0 aromatic rings. The topological polar surface area (TPSA) is 41.6 Å². The first-order valence-electron chi connectivity index (χ1n) is 8.25. The second-order valence-electron chi connectivity index (χ2n) is 7.43. The van der Waals surface area contributed by atoms with Crippen LogP contribution in [0.4, 0.5) is 0 Å². The third-order valence-electron chi connectivity index (χ3n) is 6.14. The summed E-state index contributed by atoms with van der Waals surface area (Å²) < 4.78 is 5.34. The number of ether oxygens (including phenoxy) is 1. The Kier molecular flexibility index (Phi) is 3.87. The van der Waals surface area contributed by atoms with Crippen molar-refractivity contribution in [2.45, 2.75) is 33.1 Å². The fourth-order valence-electron chi connectivity index (χ4n) is 4.46. The number of nitrogens with one attached hydrogen (secondary N) is 1. The highest BCUT2D eigenvalue weighted by atomic mass is 16.5. The van der Waals surface area contributed by atoms with Crippen LogP contribution in [0.1, 0.15) is 33.1 Å². The first-order valence-corrected chi connectivity index (χ1v) is 8.25. The summed E-state index contributed by atoms with van der Waals surface area (Å²) >= 11 is 0. The fraction of sp³-hybridized carbons (Fsp3) is 0.824. The molecule has 4 nitrogen and oxygen atoms in total. The van der Waals surface area contributed by atoms with E-state index in [2.05, 4.69) is 30.6 Å². The molecule has 0 radical (unpaired) electrons. The molecule has 4 heteroatoms. The van der Waals surface area contributed by atoms with E-state index >= 15 is 0 Å². The normalized spacial score (nSPS) is 35.1. The number of amides is 1. The summed E-state index contributed by atoms with van der Waals surface area (Å²) in [6, 6.07) is 0. The van der Waals surface area contributed by atoms with Gasteiger partial charge >= 0.3 is 0 Å². The molecule has 118 valence electrons. The van der Waals surface area contributed by atoms with Crippen LogP contribution in [0.2, 0.25) is 0 Å². The molecule has 2 saturated carbocycles. The van der Waals surface area contributed by atoms with Gasteiger partial charge in [0.1, 0.15) is 0 Å². The molecular weight excluding hydrogens is 264 g/mol. The van der Waals surface area contributed by atoms with Crippen LogP contribution in [0, 0.1) is 16.7 Å². The van der Waals surface area contributed by atoms with Crippen molar-refractivity contribution in [3.63, 3.8) is 0 Å². The molecule has 0 spiro atoms. The predicted octanol–water partition coefficient (Wildman–Crippen LogP) is 1.82. The predicted molar refractivity (Wildman–Crippen MR) is 83.0 cm³/mol. The van der Waals surface area contributed by atoms with Gasteiger partial charge in [-0.15, -0.1) is 0 Å². The van der Waals surface area contributed by atoms with Gasteiger partial charge in [0.25, 0.3) is 0 Å². The maximum atomic E-state index is 12.7. The van der Waals surface area contributed by atoms with E-state index in [0.717, 1.165) is 57.8 Å². The molecule has 2 bridgehead atoms. The fourth-order valence-corrected chi connectivity index (χ4v) is 4.46. The SMILES string of the molecule is C=C1C(C)(C)[C@@H]2CC[C@@]1(C(=O)NCCN1CCOCC1)C2. The summed E-state index contributed by atoms with van der Waals surface area (Å²) in [5.41, 5.74) is 1.01. The zero-order chi connectivity index (χ0) is 15.1. The molecule has 1 heterocycles. The monoisotopic (exact) mass is 292 g/mol. The van der Waals surface area contributed by atoms with Crippen molar-refractivity contribution in [3.05, 3.63) is 12.2 Å². The molecule has 0 unspecified atom stereocenters. The Morgan fingerprint density at radius 1 is 1.43 bits per heavy atom. The van der Waals surface area contributed by atoms with Gasteiger partial charge in [0, 0.05) is 26.2 Å². The molecule has 1 amide bonds. The van der Waals surface area contributed by atoms with Gasteiger partial charge in [-0.1, -0.05) is 26.0 Å². The molecule has 1 aliphatic heterocycles. The number of fused-ring (bicyclic) bond motifs is 2. The van der Waals surface area contributed by atoms with Crippen LogP contribution in [0.25, 0.3) is 0 Å². The van der Waals surface area contributed by atoms with Gasteiger partial charge < -0.3 is 10.1 Å². The van der Waals surface area contributed by atoms with Crippen molar-refractivity contribution >= 4 is 5.91 Å². The van der Waals surface area contributed by atoms with E-state index in [0.29, 0.717) is 5.92 Å². The van der Waals surface area contributed by atoms with Crippen molar-refractivity contribution in [2.24, 2.45) is 16.7 Å². The van der Waals surface area contributed by atoms with Crippen LogP contribution in [-0.2, 0) is 9.53 Å². The molecule has 3 fully saturated rings. The van der Waals surface area contributed by atoms with Gasteiger partial charge in [0.05, 0.1) is 18.6 Å². The van der Waals surface area contributed by atoms with Crippen LogP contribution in [0.5, 0.6) is 0 Å². The lowest BCUT2D eigenvalue weighted by molar-refractivity contribution is -0.128. The van der Waals surface area contributed by atoms with Gasteiger partial charge in [0.2, 0.25) is 5.91 Å². The highest BCUT2D eigenvalue weighted by Crippen LogP contribution is 2.65. The largest absolute Gasteiger partial charge is 0.379 e. The van der Waals surface area contributed by atoms with Crippen molar-refractivity contribution < 1.29 is 9.53 Å². The summed E-state index contributed by atoms with van der Waals surface area (Å²) in [5, 5.41) is 3.18. The molecule has 3 rings (SSSR count). The molecule has 2 atom stereocenters. The summed E-state index contributed by atoms with van der Waals surface area (Å²) in [7, 11) is 0. The lowest BCUT2D eigenvalue weighted by Gasteiger charge is -2.37. The third-order valence-corrected chi connectivity index (χ3v) is 6.14. The van der Waals surface area contributed by atoms with E-state index in [4.69, 9.17) is 4.74 Å². The first-order chi connectivity index (χ1) is 9.97. The third kappa shape index (κ3) is 2.42. The van der Waals surface area contributed by atoms with Gasteiger partial charge in [-0.3, -0.25) is 9.69 Å². The highest BCUT2D eigenvalue weighted by molar-refractivity contribution is 5.87. The van der Waals surface area contributed by atoms with E-state index in [9.17, 15) is 4.79 Å². The van der Waals surface area contributed by atoms with E-state index in [1.807, 2.05) is 0 Å². The van der Waals surface area contributed by atoms with Crippen molar-refractivity contribution in [2.75, 3.05) is 39.4 Å². The summed E-state index contributed by atoms with van der Waals surface area (Å²) in [6.07, 6.45) is 3.16. The number of hydrogen-bond donors (Lipinski definition) is 1. The Bertz CT molecular complexity index is 440. The molecule has 2 aliphatic carbocycles. The summed E-state index contributed by atoms with van der Waals surface area (Å²) in [5.74, 6) is 0.851. The van der Waals surface area contributed by atoms with Crippen molar-refractivity contribution in [3.8, 4) is 0 Å². The molecule has 1 saturated heterocycles. The van der Waals surface area contributed by atoms with Crippen LogP contribution in [-0.4, -0.2) is 50.2 Å². The van der Waals surface area contributed by atoms with E-state index < -0.39 is 0 Å². The van der Waals surface area contributed by atoms with Crippen molar-refractivity contribution in [1.29, 1.82) is 0 Å². The second-order valence-corrected chi connectivity index (χ2v) is 7.43. The van der Waals surface area contributed by atoms with Gasteiger partial charge in [0.15, 0.2) is 0 Å². The number of morpholine rings is 1. The lowest BCUT2D eigenvalue weighted by atomic mass is 9.68. The Balaban J connectivity index is 1.55. The Morgan fingerprint density at radius 3 is 2.76 bits per heavy atom. The van der Waals surface area contributed by atoms with E-state index in [-0.39, 0.29) is 16.7 Å². The van der Waals surface area contributed by atoms with Gasteiger partial charge in [-0.2, -0.15) is 0 Å². The highest BCUT2D eigenvalue weighted by Gasteiger charge is 2.60. The number of rotatable bonds is 4. The van der Waals surface area contributed by atoms with E-state index in [1.165, 1.54) is 6.42 Å². The minimum atomic E-state index is -0.279. The van der Waals surface area contributed by atoms with Crippen molar-refractivity contribution in [1.82, 2.24) is 10.2 Å². The molecular formula is C17H28N2O2. The summed E-state index contributed by atoms with van der Waals surface area (Å²) in [4.78, 5) is 15.1. The average Bonchev–Trinajstić information content (AvgIpc) is 3.00. The summed E-state index contributed by atoms with van der Waals surface area (Å²) in [6.45, 7) is 14.0. The maximum Gasteiger partial charge on any atom is 0.230 e. The standard InChI is InChI=1S/C17H28N2O2/c1-13-16(2,3)14-4-5-17(13,12-14)15(20)18-6-7-19-8-10-21-11-9-19/h14H,1,4-12H2,2-3H3,(H,18,20)/t14-,17-/m1/s1. The minimum Gasteiger partial charge on any atom is -0.379 e. The van der Waals surface area contributed by atoms with Crippen LogP contribution >= 0.6 is 0 Å². The molecule has 0 aromatic carbocycles. The van der Waals surface area contributed by atoms with Crippen LogP contribution < -0.4 is 5.32 Å². The minimum absolute atomic E-state index is 0.125. The molecule has 1 N–H and O–H groups in total. The smallest absolute Gasteiger partial charge is 0.230 e. The first kappa shape index (κ1) is 15.0. The second kappa shape index (κ2) is 5.40. The lowest BCUT2D eigenvalue weighted by Crippen LogP contribution is -2.45. The molecule has 3 aliphatic rings. The number of carbonyl (C=O) groups is 1. The number of nitrogens with zero attached hydrogens (tertiary/aromatic N) is 1. The van der Waals surface area contributed by atoms with E-state index in [1.54, 1.807) is 0 Å². The maximum absolute atomic E-state index is 12.7. The number of carbonyl (C=O) groups excluding carboxylic acids is 1.